The van der Waals surface area contributed by atoms with Gasteiger partial charge in [-0.3, -0.25) is 4.79 Å². The third kappa shape index (κ3) is 4.64. The molecule has 3 N–H and O–H groups in total. The number of alkyl halides is 3. The lowest BCUT2D eigenvalue weighted by Crippen LogP contribution is -2.20. The summed E-state index contributed by atoms with van der Waals surface area (Å²) in [6, 6.07) is 11.4. The molecule has 2 aromatic carbocycles. The number of ether oxygens (including phenoxy) is 1. The second kappa shape index (κ2) is 9.34. The summed E-state index contributed by atoms with van der Waals surface area (Å²) in [6.07, 6.45) is -3.12. The van der Waals surface area contributed by atoms with Crippen LogP contribution in [0.25, 0.3) is 5.69 Å². The van der Waals surface area contributed by atoms with E-state index in [1.165, 1.54) is 24.3 Å². The molecule has 0 saturated heterocycles. The number of hydrogen-bond donors (Lipinski definition) is 2. The Hall–Kier alpha value is -4.99. The van der Waals surface area contributed by atoms with Gasteiger partial charge in [-0.05, 0) is 12.1 Å². The van der Waals surface area contributed by atoms with Crippen molar-refractivity contribution in [1.29, 1.82) is 5.26 Å². The molecule has 0 unspecified atom stereocenters. The fraction of sp³-hybridized carbons (Fsp3) is 0.0435. The van der Waals surface area contributed by atoms with Crippen LogP contribution >= 0.6 is 0 Å². The summed E-state index contributed by atoms with van der Waals surface area (Å²) in [5.74, 6) is -5.34. The summed E-state index contributed by atoms with van der Waals surface area (Å²) in [6.45, 7) is 0. The number of nitrogens with two attached hydrogens (primary N) is 1. The molecule has 0 aliphatic carbocycles. The number of carbonyl (C=O) groups is 1. The van der Waals surface area contributed by atoms with E-state index in [1.54, 1.807) is 12.1 Å². The molecule has 1 amide bonds. The number of aromatic nitrogens is 3. The van der Waals surface area contributed by atoms with Gasteiger partial charge in [0.15, 0.2) is 28.8 Å². The lowest BCUT2D eigenvalue weighted by atomic mass is 10.2. The second-order valence-corrected chi connectivity index (χ2v) is 7.16. The molecule has 2 heterocycles. The van der Waals surface area contributed by atoms with Gasteiger partial charge in [0, 0.05) is 30.1 Å². The number of halogens is 5. The molecule has 182 valence electrons. The van der Waals surface area contributed by atoms with Crippen molar-refractivity contribution in [3.05, 3.63) is 89.4 Å². The Morgan fingerprint density at radius 1 is 1.11 bits per heavy atom. The van der Waals surface area contributed by atoms with Gasteiger partial charge in [0.2, 0.25) is 0 Å². The highest BCUT2D eigenvalue weighted by atomic mass is 19.4. The number of rotatable bonds is 5. The van der Waals surface area contributed by atoms with Gasteiger partial charge in [-0.1, -0.05) is 18.2 Å². The molecule has 2 aromatic heterocycles. The number of nitrogens with one attached hydrogen (secondary N) is 1. The number of anilines is 2. The largest absolute Gasteiger partial charge is 0.450 e. The van der Waals surface area contributed by atoms with Crippen LogP contribution in [0.2, 0.25) is 0 Å². The van der Waals surface area contributed by atoms with Gasteiger partial charge in [-0.25, -0.2) is 18.4 Å². The Morgan fingerprint density at radius 2 is 1.78 bits per heavy atom. The Morgan fingerprint density at radius 3 is 2.39 bits per heavy atom. The monoisotopic (exact) mass is 500 g/mol. The van der Waals surface area contributed by atoms with Crippen molar-refractivity contribution in [2.24, 2.45) is 0 Å². The van der Waals surface area contributed by atoms with Crippen LogP contribution in [0.15, 0.2) is 60.9 Å². The third-order valence-corrected chi connectivity index (χ3v) is 4.81. The van der Waals surface area contributed by atoms with Gasteiger partial charge in [-0.15, -0.1) is 0 Å². The molecular formula is C23H13F5N6O2. The number of para-hydroxylation sites is 1. The van der Waals surface area contributed by atoms with Crippen molar-refractivity contribution in [1.82, 2.24) is 14.8 Å². The van der Waals surface area contributed by atoms with Crippen LogP contribution < -0.4 is 15.8 Å². The van der Waals surface area contributed by atoms with Gasteiger partial charge in [0.05, 0.1) is 17.4 Å². The molecule has 0 bridgehead atoms. The van der Waals surface area contributed by atoms with Crippen LogP contribution in [0.4, 0.5) is 33.5 Å². The van der Waals surface area contributed by atoms with E-state index in [9.17, 15) is 26.7 Å². The number of pyridine rings is 1. The SMILES string of the molecule is N#Cc1c(Oc2c(F)cc(NC(=O)c3cnn(-c4ccccc4)c3C(F)(F)F)cc2F)ccnc1N. The zero-order valence-electron chi connectivity index (χ0n) is 17.8. The number of hydrogen-bond acceptors (Lipinski definition) is 6. The van der Waals surface area contributed by atoms with E-state index < -0.39 is 46.4 Å². The Kier molecular flexibility index (Phi) is 6.26. The highest BCUT2D eigenvalue weighted by Crippen LogP contribution is 2.35. The molecule has 0 spiro atoms. The summed E-state index contributed by atoms with van der Waals surface area (Å²) in [5.41, 5.74) is 2.61. The number of amides is 1. The molecule has 8 nitrogen and oxygen atoms in total. The highest BCUT2D eigenvalue weighted by Gasteiger charge is 2.40. The number of nitriles is 1. The predicted molar refractivity (Wildman–Crippen MR) is 116 cm³/mol. The maximum atomic E-state index is 14.6. The molecule has 0 fully saturated rings. The fourth-order valence-electron chi connectivity index (χ4n) is 3.25. The minimum Gasteiger partial charge on any atom is -0.450 e. The van der Waals surface area contributed by atoms with Gasteiger partial charge in [0.25, 0.3) is 5.91 Å². The van der Waals surface area contributed by atoms with Crippen LogP contribution in [0.1, 0.15) is 21.6 Å². The number of benzene rings is 2. The van der Waals surface area contributed by atoms with Crippen molar-refractivity contribution in [2.45, 2.75) is 6.18 Å². The molecule has 36 heavy (non-hydrogen) atoms. The zero-order valence-corrected chi connectivity index (χ0v) is 17.8. The van der Waals surface area contributed by atoms with Crippen molar-refractivity contribution in [3.63, 3.8) is 0 Å². The van der Waals surface area contributed by atoms with E-state index in [1.807, 2.05) is 5.32 Å². The quantitative estimate of drug-likeness (QED) is 0.370. The maximum absolute atomic E-state index is 14.6. The van der Waals surface area contributed by atoms with Crippen LogP contribution in [0.3, 0.4) is 0 Å². The molecular weight excluding hydrogens is 487 g/mol. The Labute approximate surface area is 199 Å². The Balaban J connectivity index is 1.64. The van der Waals surface area contributed by atoms with Crippen molar-refractivity contribution in [2.75, 3.05) is 11.1 Å². The van der Waals surface area contributed by atoms with E-state index in [0.29, 0.717) is 23.0 Å². The second-order valence-electron chi connectivity index (χ2n) is 7.16. The van der Waals surface area contributed by atoms with Crippen molar-refractivity contribution < 1.29 is 31.5 Å². The zero-order chi connectivity index (χ0) is 26.0. The minimum absolute atomic E-state index is 0.0518. The summed E-state index contributed by atoms with van der Waals surface area (Å²) in [7, 11) is 0. The van der Waals surface area contributed by atoms with Crippen LogP contribution in [-0.4, -0.2) is 20.7 Å². The third-order valence-electron chi connectivity index (χ3n) is 4.81. The molecule has 0 aliphatic rings. The normalized spacial score (nSPS) is 11.1. The van der Waals surface area contributed by atoms with E-state index in [2.05, 4.69) is 10.1 Å². The van der Waals surface area contributed by atoms with Gasteiger partial charge < -0.3 is 15.8 Å². The standard InChI is InChI=1S/C23H13F5N6O2/c24-16-8-12(9-17(25)19(16)36-18-6-7-31-21(30)14(18)10-29)33-22(35)15-11-32-34(20(15)23(26,27)28)13-4-2-1-3-5-13/h1-9,11H,(H2,30,31)(H,33,35). The molecule has 4 aromatic rings. The van der Waals surface area contributed by atoms with Gasteiger partial charge >= 0.3 is 6.18 Å². The predicted octanol–water partition coefficient (Wildman–Crippen LogP) is 5.06. The molecule has 4 rings (SSSR count). The first-order valence-corrected chi connectivity index (χ1v) is 9.93. The highest BCUT2D eigenvalue weighted by molar-refractivity contribution is 6.05. The summed E-state index contributed by atoms with van der Waals surface area (Å²) < 4.78 is 76.3. The van der Waals surface area contributed by atoms with Crippen molar-refractivity contribution in [3.8, 4) is 23.3 Å². The van der Waals surface area contributed by atoms with Crippen LogP contribution in [0.5, 0.6) is 11.5 Å². The van der Waals surface area contributed by atoms with E-state index >= 15 is 0 Å². The van der Waals surface area contributed by atoms with E-state index in [4.69, 9.17) is 15.7 Å². The van der Waals surface area contributed by atoms with Crippen LogP contribution in [0, 0.1) is 23.0 Å². The number of carbonyl (C=O) groups excluding carboxylic acids is 1. The fourth-order valence-corrected chi connectivity index (χ4v) is 3.25. The average Bonchev–Trinajstić information content (AvgIpc) is 3.28. The first-order chi connectivity index (χ1) is 17.1. The molecule has 0 radical (unpaired) electrons. The van der Waals surface area contributed by atoms with E-state index in [0.717, 1.165) is 12.3 Å². The summed E-state index contributed by atoms with van der Waals surface area (Å²) in [4.78, 5) is 16.3. The lowest BCUT2D eigenvalue weighted by Gasteiger charge is -2.14. The topological polar surface area (TPSA) is 119 Å². The summed E-state index contributed by atoms with van der Waals surface area (Å²) >= 11 is 0. The van der Waals surface area contributed by atoms with E-state index in [-0.39, 0.29) is 22.8 Å². The molecule has 0 atom stereocenters. The van der Waals surface area contributed by atoms with Crippen molar-refractivity contribution >= 4 is 17.4 Å². The number of nitrogens with zero attached hydrogens (tertiary/aromatic N) is 4. The Bertz CT molecular complexity index is 1470. The number of nitrogen functional groups attached to an aromatic ring is 1. The maximum Gasteiger partial charge on any atom is 0.434 e. The molecule has 13 heteroatoms. The minimum atomic E-state index is -4.97. The van der Waals surface area contributed by atoms with Crippen LogP contribution in [-0.2, 0) is 6.18 Å². The van der Waals surface area contributed by atoms with Gasteiger partial charge in [-0.2, -0.15) is 23.5 Å². The summed E-state index contributed by atoms with van der Waals surface area (Å²) in [5, 5.41) is 14.8. The molecule has 0 aliphatic heterocycles. The average molecular weight is 500 g/mol. The van der Waals surface area contributed by atoms with Gasteiger partial charge in [0.1, 0.15) is 17.5 Å². The first kappa shape index (κ1) is 24.1. The molecule has 0 saturated carbocycles. The first-order valence-electron chi connectivity index (χ1n) is 9.93. The lowest BCUT2D eigenvalue weighted by molar-refractivity contribution is -0.143. The smallest absolute Gasteiger partial charge is 0.434 e.